The molecule has 4 heteroatoms. The second-order valence-corrected chi connectivity index (χ2v) is 4.73. The van der Waals surface area contributed by atoms with E-state index in [1.807, 2.05) is 18.2 Å². The van der Waals surface area contributed by atoms with Gasteiger partial charge in [-0.1, -0.05) is 12.1 Å². The molecule has 84 valence electrons. The Kier molecular flexibility index (Phi) is 1.80. The van der Waals surface area contributed by atoms with E-state index in [-0.39, 0.29) is 5.66 Å². The highest BCUT2D eigenvalue weighted by Crippen LogP contribution is 2.36. The van der Waals surface area contributed by atoms with Gasteiger partial charge in [0.05, 0.1) is 0 Å². The number of fused-ring (bicyclic) bond motifs is 1. The zero-order valence-corrected chi connectivity index (χ0v) is 9.64. The molecule has 0 atom stereocenters. The van der Waals surface area contributed by atoms with E-state index in [0.29, 0.717) is 5.84 Å². The summed E-state index contributed by atoms with van der Waals surface area (Å²) < 4.78 is 0. The van der Waals surface area contributed by atoms with Crippen LogP contribution in [0.1, 0.15) is 5.56 Å². The summed E-state index contributed by atoms with van der Waals surface area (Å²) in [6.45, 7) is 1.89. The third kappa shape index (κ3) is 1.10. The zero-order chi connectivity index (χ0) is 11.3. The van der Waals surface area contributed by atoms with Crippen LogP contribution in [0.4, 0.5) is 5.69 Å². The van der Waals surface area contributed by atoms with Crippen LogP contribution in [0.5, 0.6) is 0 Å². The van der Waals surface area contributed by atoms with Crippen LogP contribution in [0, 0.1) is 0 Å². The summed E-state index contributed by atoms with van der Waals surface area (Å²) in [4.78, 5) is 9.17. The third-order valence-electron chi connectivity index (χ3n) is 3.54. The maximum absolute atomic E-state index is 6.04. The SMILES string of the molecule is CN1CC2(C1)N=C(N)c1ccccc1N2C. The van der Waals surface area contributed by atoms with Crippen LogP contribution in [0.15, 0.2) is 29.3 Å². The van der Waals surface area contributed by atoms with Crippen molar-refractivity contribution in [1.29, 1.82) is 0 Å². The highest BCUT2D eigenvalue weighted by molar-refractivity contribution is 6.04. The first-order valence-corrected chi connectivity index (χ1v) is 5.49. The molecule has 1 aromatic carbocycles. The van der Waals surface area contributed by atoms with E-state index in [9.17, 15) is 0 Å². The van der Waals surface area contributed by atoms with Gasteiger partial charge < -0.3 is 10.6 Å². The number of benzene rings is 1. The average molecular weight is 216 g/mol. The zero-order valence-electron chi connectivity index (χ0n) is 9.64. The summed E-state index contributed by atoms with van der Waals surface area (Å²) >= 11 is 0. The molecule has 0 unspecified atom stereocenters. The van der Waals surface area contributed by atoms with Crippen molar-refractivity contribution in [2.45, 2.75) is 5.66 Å². The predicted octanol–water partition coefficient (Wildman–Crippen LogP) is 0.483. The number of hydrogen-bond donors (Lipinski definition) is 1. The van der Waals surface area contributed by atoms with Crippen LogP contribution in [0.25, 0.3) is 0 Å². The molecule has 1 aromatic rings. The first-order valence-electron chi connectivity index (χ1n) is 5.49. The molecule has 1 spiro atoms. The van der Waals surface area contributed by atoms with Crippen LogP contribution in [0.3, 0.4) is 0 Å². The highest BCUT2D eigenvalue weighted by atomic mass is 15.4. The van der Waals surface area contributed by atoms with Gasteiger partial charge in [0.1, 0.15) is 5.84 Å². The molecular weight excluding hydrogens is 200 g/mol. The van der Waals surface area contributed by atoms with E-state index in [2.05, 4.69) is 35.0 Å². The van der Waals surface area contributed by atoms with Crippen LogP contribution in [-0.4, -0.2) is 43.6 Å². The normalized spacial score (nSPS) is 22.6. The van der Waals surface area contributed by atoms with Crippen LogP contribution >= 0.6 is 0 Å². The predicted molar refractivity (Wildman–Crippen MR) is 65.8 cm³/mol. The molecule has 0 bridgehead atoms. The highest BCUT2D eigenvalue weighted by Gasteiger charge is 2.47. The maximum atomic E-state index is 6.04. The van der Waals surface area contributed by atoms with Gasteiger partial charge in [-0.25, -0.2) is 4.99 Å². The van der Waals surface area contributed by atoms with Gasteiger partial charge in [0, 0.05) is 31.4 Å². The lowest BCUT2D eigenvalue weighted by Crippen LogP contribution is -2.69. The first kappa shape index (κ1) is 9.66. The Morgan fingerprint density at radius 2 is 1.94 bits per heavy atom. The van der Waals surface area contributed by atoms with Crippen molar-refractivity contribution >= 4 is 11.5 Å². The number of hydrogen-bond acceptors (Lipinski definition) is 4. The summed E-state index contributed by atoms with van der Waals surface area (Å²) in [6, 6.07) is 8.18. The number of likely N-dealkylation sites (tertiary alicyclic amines) is 1. The fraction of sp³-hybridized carbons (Fsp3) is 0.417. The summed E-state index contributed by atoms with van der Waals surface area (Å²) in [5.41, 5.74) is 8.14. The Hall–Kier alpha value is -1.55. The Balaban J connectivity index is 2.09. The standard InChI is InChI=1S/C12H16N4/c1-15-7-12(8-15)14-11(13)9-5-3-4-6-10(9)16(12)2/h3-6H,7-8H2,1-2H3,(H2,13,14). The Labute approximate surface area is 95.4 Å². The number of aliphatic imine (C=N–C) groups is 1. The largest absolute Gasteiger partial charge is 0.383 e. The first-order chi connectivity index (χ1) is 7.62. The molecule has 4 nitrogen and oxygen atoms in total. The molecule has 2 N–H and O–H groups in total. The minimum absolute atomic E-state index is 0.132. The molecule has 0 aromatic heterocycles. The van der Waals surface area contributed by atoms with Crippen molar-refractivity contribution in [3.05, 3.63) is 29.8 Å². The van der Waals surface area contributed by atoms with Crippen molar-refractivity contribution in [3.8, 4) is 0 Å². The molecular formula is C12H16N4. The van der Waals surface area contributed by atoms with Crippen molar-refractivity contribution in [2.75, 3.05) is 32.1 Å². The van der Waals surface area contributed by atoms with Crippen molar-refractivity contribution in [2.24, 2.45) is 10.7 Å². The summed E-state index contributed by atoms with van der Waals surface area (Å²) in [5, 5.41) is 0. The van der Waals surface area contributed by atoms with E-state index in [0.717, 1.165) is 18.7 Å². The molecule has 16 heavy (non-hydrogen) atoms. The minimum Gasteiger partial charge on any atom is -0.383 e. The maximum Gasteiger partial charge on any atom is 0.159 e. The van der Waals surface area contributed by atoms with Gasteiger partial charge in [-0.2, -0.15) is 0 Å². The van der Waals surface area contributed by atoms with E-state index < -0.39 is 0 Å². The van der Waals surface area contributed by atoms with Gasteiger partial charge in [0.15, 0.2) is 5.66 Å². The number of anilines is 1. The number of rotatable bonds is 0. The molecule has 1 saturated heterocycles. The van der Waals surface area contributed by atoms with Crippen LogP contribution in [-0.2, 0) is 0 Å². The second kappa shape index (κ2) is 2.98. The third-order valence-corrected chi connectivity index (χ3v) is 3.54. The number of nitrogens with two attached hydrogens (primary N) is 1. The smallest absolute Gasteiger partial charge is 0.159 e. The van der Waals surface area contributed by atoms with E-state index in [4.69, 9.17) is 5.73 Å². The van der Waals surface area contributed by atoms with Gasteiger partial charge in [-0.3, -0.25) is 4.90 Å². The quantitative estimate of drug-likeness (QED) is 0.686. The summed E-state index contributed by atoms with van der Waals surface area (Å²) in [7, 11) is 4.20. The molecule has 0 amide bonds. The lowest BCUT2D eigenvalue weighted by atomic mass is 9.95. The number of nitrogens with zero attached hydrogens (tertiary/aromatic N) is 3. The topological polar surface area (TPSA) is 44.9 Å². The van der Waals surface area contributed by atoms with Gasteiger partial charge in [-0.15, -0.1) is 0 Å². The van der Waals surface area contributed by atoms with Crippen molar-refractivity contribution < 1.29 is 0 Å². The van der Waals surface area contributed by atoms with Crippen LogP contribution < -0.4 is 10.6 Å². The molecule has 0 radical (unpaired) electrons. The number of likely N-dealkylation sites (N-methyl/N-ethyl adjacent to an activating group) is 2. The van der Waals surface area contributed by atoms with E-state index in [1.165, 1.54) is 5.69 Å². The van der Waals surface area contributed by atoms with Gasteiger partial charge in [0.25, 0.3) is 0 Å². The molecule has 2 aliphatic rings. The van der Waals surface area contributed by atoms with E-state index >= 15 is 0 Å². The fourth-order valence-corrected chi connectivity index (χ4v) is 2.67. The monoisotopic (exact) mass is 216 g/mol. The van der Waals surface area contributed by atoms with Crippen molar-refractivity contribution in [1.82, 2.24) is 4.90 Å². The van der Waals surface area contributed by atoms with Gasteiger partial charge in [0.2, 0.25) is 0 Å². The van der Waals surface area contributed by atoms with Gasteiger partial charge in [-0.05, 0) is 19.2 Å². The Morgan fingerprint density at radius 1 is 1.25 bits per heavy atom. The lowest BCUT2D eigenvalue weighted by molar-refractivity contribution is 0.101. The van der Waals surface area contributed by atoms with E-state index in [1.54, 1.807) is 0 Å². The molecule has 1 fully saturated rings. The number of amidine groups is 1. The fourth-order valence-electron chi connectivity index (χ4n) is 2.67. The minimum atomic E-state index is -0.132. The van der Waals surface area contributed by atoms with Crippen molar-refractivity contribution in [3.63, 3.8) is 0 Å². The average Bonchev–Trinajstić information content (AvgIpc) is 2.24. The summed E-state index contributed by atoms with van der Waals surface area (Å²) in [6.07, 6.45) is 0. The number of para-hydroxylation sites is 1. The van der Waals surface area contributed by atoms with Crippen LogP contribution in [0.2, 0.25) is 0 Å². The van der Waals surface area contributed by atoms with Gasteiger partial charge >= 0.3 is 0 Å². The lowest BCUT2D eigenvalue weighted by Gasteiger charge is -2.53. The molecule has 0 aliphatic carbocycles. The second-order valence-electron chi connectivity index (χ2n) is 4.73. The molecule has 0 saturated carbocycles. The molecule has 3 rings (SSSR count). The molecule has 2 aliphatic heterocycles. The Bertz CT molecular complexity index is 460. The summed E-state index contributed by atoms with van der Waals surface area (Å²) in [5.74, 6) is 0.668. The molecule has 2 heterocycles. The Morgan fingerprint density at radius 3 is 2.62 bits per heavy atom.